The van der Waals surface area contributed by atoms with Gasteiger partial charge in [-0.25, -0.2) is 5.84 Å². The molecule has 1 aromatic heterocycles. The fraction of sp³-hybridized carbons (Fsp3) is 0.636. The van der Waals surface area contributed by atoms with Gasteiger partial charge in [-0.15, -0.1) is 0 Å². The number of carbonyl (C=O) groups is 1. The smallest absolute Gasteiger partial charge is 0.285 e. The van der Waals surface area contributed by atoms with Crippen molar-refractivity contribution in [1.29, 1.82) is 0 Å². The molecule has 18 heavy (non-hydrogen) atoms. The molecule has 3 N–H and O–H groups in total. The number of piperazine rings is 1. The van der Waals surface area contributed by atoms with E-state index in [1.165, 1.54) is 0 Å². The molecule has 0 spiro atoms. The molecular weight excluding hydrogens is 232 g/mol. The van der Waals surface area contributed by atoms with Gasteiger partial charge in [-0.2, -0.15) is 5.10 Å². The number of nitrogens with zero attached hydrogens (tertiary/aromatic N) is 4. The summed E-state index contributed by atoms with van der Waals surface area (Å²) in [5.74, 6) is 4.75. The van der Waals surface area contributed by atoms with Crippen LogP contribution in [0.4, 0.5) is 0 Å². The lowest BCUT2D eigenvalue weighted by atomic mass is 10.3. The summed E-state index contributed by atoms with van der Waals surface area (Å²) in [4.78, 5) is 16.1. The Morgan fingerprint density at radius 1 is 1.39 bits per heavy atom. The molecule has 2 heterocycles. The van der Waals surface area contributed by atoms with Gasteiger partial charge in [0, 0.05) is 39.8 Å². The second-order valence-corrected chi connectivity index (χ2v) is 4.70. The van der Waals surface area contributed by atoms with E-state index in [-0.39, 0.29) is 5.91 Å². The highest BCUT2D eigenvalue weighted by atomic mass is 16.2. The zero-order chi connectivity index (χ0) is 13.1. The van der Waals surface area contributed by atoms with Crippen LogP contribution in [-0.2, 0) is 13.6 Å². The first-order valence-corrected chi connectivity index (χ1v) is 6.05. The summed E-state index contributed by atoms with van der Waals surface area (Å²) in [5, 5.41) is 4.15. The Labute approximate surface area is 106 Å². The Kier molecular flexibility index (Phi) is 3.95. The summed E-state index contributed by atoms with van der Waals surface area (Å²) < 4.78 is 1.74. The Hall–Kier alpha value is -1.44. The number of nitrogens with one attached hydrogen (secondary N) is 1. The highest BCUT2D eigenvalue weighted by molar-refractivity contribution is 5.91. The van der Waals surface area contributed by atoms with Crippen molar-refractivity contribution in [1.82, 2.24) is 25.0 Å². The van der Waals surface area contributed by atoms with Gasteiger partial charge in [0.2, 0.25) is 0 Å². The van der Waals surface area contributed by atoms with Crippen LogP contribution in [-0.4, -0.2) is 58.7 Å². The molecular formula is C11H20N6O. The fourth-order valence-corrected chi connectivity index (χ4v) is 2.07. The number of likely N-dealkylation sites (N-methyl/N-ethyl adjacent to an activating group) is 1. The van der Waals surface area contributed by atoms with Crippen molar-refractivity contribution in [3.63, 3.8) is 0 Å². The van der Waals surface area contributed by atoms with Gasteiger partial charge in [0.25, 0.3) is 5.91 Å². The zero-order valence-corrected chi connectivity index (χ0v) is 10.9. The number of aryl methyl sites for hydroxylation is 1. The van der Waals surface area contributed by atoms with Crippen molar-refractivity contribution in [3.8, 4) is 0 Å². The van der Waals surface area contributed by atoms with E-state index < -0.39 is 0 Å². The summed E-state index contributed by atoms with van der Waals surface area (Å²) in [5.41, 5.74) is 3.49. The Morgan fingerprint density at radius 3 is 2.67 bits per heavy atom. The van der Waals surface area contributed by atoms with Gasteiger partial charge < -0.3 is 4.90 Å². The van der Waals surface area contributed by atoms with E-state index in [0.29, 0.717) is 5.69 Å². The zero-order valence-electron chi connectivity index (χ0n) is 10.9. The van der Waals surface area contributed by atoms with E-state index in [0.717, 1.165) is 38.4 Å². The molecule has 1 aliphatic heterocycles. The molecule has 1 amide bonds. The van der Waals surface area contributed by atoms with Crippen LogP contribution in [0, 0.1) is 0 Å². The normalized spacial score (nSPS) is 17.9. The lowest BCUT2D eigenvalue weighted by Gasteiger charge is -2.32. The third-order valence-corrected chi connectivity index (χ3v) is 3.32. The number of aromatic nitrogens is 2. The van der Waals surface area contributed by atoms with E-state index in [4.69, 9.17) is 5.84 Å². The monoisotopic (exact) mass is 252 g/mol. The number of carbonyl (C=O) groups excluding carboxylic acids is 1. The van der Waals surface area contributed by atoms with Crippen LogP contribution < -0.4 is 11.3 Å². The summed E-state index contributed by atoms with van der Waals surface area (Å²) in [6.45, 7) is 5.05. The average Bonchev–Trinajstić information content (AvgIpc) is 2.73. The lowest BCUT2D eigenvalue weighted by molar-refractivity contribution is 0.0948. The Morgan fingerprint density at radius 2 is 2.06 bits per heavy atom. The minimum absolute atomic E-state index is 0.352. The molecule has 7 heteroatoms. The predicted molar refractivity (Wildman–Crippen MR) is 67.6 cm³/mol. The lowest BCUT2D eigenvalue weighted by Crippen LogP contribution is -2.44. The van der Waals surface area contributed by atoms with Crippen LogP contribution in [0.15, 0.2) is 6.07 Å². The minimum Gasteiger partial charge on any atom is -0.304 e. The number of hydrazine groups is 1. The van der Waals surface area contributed by atoms with Crippen molar-refractivity contribution in [2.45, 2.75) is 6.54 Å². The van der Waals surface area contributed by atoms with Crippen molar-refractivity contribution >= 4 is 5.91 Å². The predicted octanol–water partition coefficient (Wildman–Crippen LogP) is -1.23. The maximum Gasteiger partial charge on any atom is 0.285 e. The summed E-state index contributed by atoms with van der Waals surface area (Å²) in [6.07, 6.45) is 0. The van der Waals surface area contributed by atoms with Crippen molar-refractivity contribution in [3.05, 3.63) is 17.5 Å². The molecule has 0 unspecified atom stereocenters. The van der Waals surface area contributed by atoms with Gasteiger partial charge >= 0.3 is 0 Å². The summed E-state index contributed by atoms with van der Waals surface area (Å²) in [6, 6.07) is 1.79. The summed E-state index contributed by atoms with van der Waals surface area (Å²) >= 11 is 0. The molecule has 0 bridgehead atoms. The number of hydrogen-bond donors (Lipinski definition) is 2. The van der Waals surface area contributed by atoms with Crippen LogP contribution in [0.25, 0.3) is 0 Å². The largest absolute Gasteiger partial charge is 0.304 e. The van der Waals surface area contributed by atoms with Crippen molar-refractivity contribution in [2.75, 3.05) is 33.2 Å². The molecule has 100 valence electrons. The SMILES string of the molecule is CN1CCN(Cc2cc(C(=O)NN)nn2C)CC1. The van der Waals surface area contributed by atoms with Crippen LogP contribution in [0.2, 0.25) is 0 Å². The first-order chi connectivity index (χ1) is 8.60. The number of nitrogen functional groups attached to an aromatic ring is 1. The molecule has 0 aliphatic carbocycles. The molecule has 2 rings (SSSR count). The third kappa shape index (κ3) is 2.87. The maximum atomic E-state index is 11.4. The van der Waals surface area contributed by atoms with E-state index in [1.807, 2.05) is 7.05 Å². The van der Waals surface area contributed by atoms with E-state index >= 15 is 0 Å². The Bertz CT molecular complexity index is 421. The second kappa shape index (κ2) is 5.47. The molecule has 0 atom stereocenters. The number of hydrogen-bond acceptors (Lipinski definition) is 5. The van der Waals surface area contributed by atoms with Crippen LogP contribution >= 0.6 is 0 Å². The highest BCUT2D eigenvalue weighted by Gasteiger charge is 2.17. The van der Waals surface area contributed by atoms with E-state index in [2.05, 4.69) is 27.4 Å². The van der Waals surface area contributed by atoms with Crippen LogP contribution in [0.5, 0.6) is 0 Å². The Balaban J connectivity index is 2.01. The molecule has 1 fully saturated rings. The average molecular weight is 252 g/mol. The number of amides is 1. The van der Waals surface area contributed by atoms with E-state index in [9.17, 15) is 4.79 Å². The van der Waals surface area contributed by atoms with Gasteiger partial charge in [-0.05, 0) is 13.1 Å². The summed E-state index contributed by atoms with van der Waals surface area (Å²) in [7, 11) is 3.98. The molecule has 1 aliphatic rings. The molecule has 1 aromatic rings. The minimum atomic E-state index is -0.352. The molecule has 7 nitrogen and oxygen atoms in total. The topological polar surface area (TPSA) is 79.4 Å². The molecule has 1 saturated heterocycles. The van der Waals surface area contributed by atoms with E-state index in [1.54, 1.807) is 10.7 Å². The van der Waals surface area contributed by atoms with Gasteiger partial charge in [-0.3, -0.25) is 19.8 Å². The first kappa shape index (κ1) is 13.0. The second-order valence-electron chi connectivity index (χ2n) is 4.70. The third-order valence-electron chi connectivity index (χ3n) is 3.32. The quantitative estimate of drug-likeness (QED) is 0.400. The maximum absolute atomic E-state index is 11.4. The van der Waals surface area contributed by atoms with Crippen molar-refractivity contribution < 1.29 is 4.79 Å². The standard InChI is InChI=1S/C11H20N6O/c1-15-3-5-17(6-4-15)8-9-7-10(11(18)13-12)14-16(9)2/h7H,3-6,8,12H2,1-2H3,(H,13,18). The van der Waals surface area contributed by atoms with Crippen LogP contribution in [0.1, 0.15) is 16.2 Å². The fourth-order valence-electron chi connectivity index (χ4n) is 2.07. The number of nitrogens with two attached hydrogens (primary N) is 1. The van der Waals surface area contributed by atoms with Gasteiger partial charge in [0.15, 0.2) is 5.69 Å². The van der Waals surface area contributed by atoms with Crippen LogP contribution in [0.3, 0.4) is 0 Å². The van der Waals surface area contributed by atoms with Gasteiger partial charge in [0.05, 0.1) is 5.69 Å². The molecule has 0 aromatic carbocycles. The molecule has 0 radical (unpaired) electrons. The molecule has 0 saturated carbocycles. The number of rotatable bonds is 3. The van der Waals surface area contributed by atoms with Gasteiger partial charge in [-0.1, -0.05) is 0 Å². The first-order valence-electron chi connectivity index (χ1n) is 6.05. The van der Waals surface area contributed by atoms with Crippen molar-refractivity contribution in [2.24, 2.45) is 12.9 Å². The van der Waals surface area contributed by atoms with Gasteiger partial charge in [0.1, 0.15) is 0 Å². The highest BCUT2D eigenvalue weighted by Crippen LogP contribution is 2.09.